The Morgan fingerprint density at radius 2 is 1.83 bits per heavy atom. The summed E-state index contributed by atoms with van der Waals surface area (Å²) in [6, 6.07) is 3.15. The smallest absolute Gasteiger partial charge is 0.0257 e. The van der Waals surface area contributed by atoms with Crippen molar-refractivity contribution in [2.24, 2.45) is 5.92 Å². The summed E-state index contributed by atoms with van der Waals surface area (Å²) in [5.41, 5.74) is 0. The van der Waals surface area contributed by atoms with Gasteiger partial charge in [-0.1, -0.05) is 20.3 Å². The number of nitrogens with one attached hydrogen (secondary N) is 1. The molecule has 1 heterocycles. The second kappa shape index (κ2) is 6.38. The number of rotatable bonds is 4. The molecule has 1 saturated carbocycles. The van der Waals surface area contributed by atoms with Crippen molar-refractivity contribution in [3.05, 3.63) is 0 Å². The predicted molar refractivity (Wildman–Crippen MR) is 78.9 cm³/mol. The third kappa shape index (κ3) is 2.75. The lowest BCUT2D eigenvalue weighted by Gasteiger charge is -2.45. The summed E-state index contributed by atoms with van der Waals surface area (Å²) in [6.07, 6.45) is 9.74. The number of nitrogens with zero attached hydrogens (tertiary/aromatic N) is 1. The molecule has 1 saturated heterocycles. The molecule has 0 aromatic rings. The van der Waals surface area contributed by atoms with E-state index in [1.165, 1.54) is 44.9 Å². The minimum Gasteiger partial charge on any atom is -0.315 e. The lowest BCUT2D eigenvalue weighted by Crippen LogP contribution is -2.55. The molecule has 1 aliphatic carbocycles. The molecule has 2 nitrogen and oxygen atoms in total. The zero-order valence-corrected chi connectivity index (χ0v) is 12.8. The quantitative estimate of drug-likeness (QED) is 0.825. The average Bonchev–Trinajstić information content (AvgIpc) is 2.78. The topological polar surface area (TPSA) is 15.3 Å². The standard InChI is InChI=1S/C16H32N2/c1-5-13-8-10-15(17-4)16(11-13)18-12(3)7-9-14(18)6-2/h12-17H,5-11H2,1-4H3. The second-order valence-corrected chi connectivity index (χ2v) is 6.49. The molecular weight excluding hydrogens is 220 g/mol. The minimum atomic E-state index is 0.724. The van der Waals surface area contributed by atoms with E-state index in [2.05, 4.69) is 38.0 Å². The molecule has 0 bridgehead atoms. The van der Waals surface area contributed by atoms with Gasteiger partial charge in [-0.15, -0.1) is 0 Å². The largest absolute Gasteiger partial charge is 0.315 e. The fourth-order valence-electron chi connectivity index (χ4n) is 4.37. The van der Waals surface area contributed by atoms with Crippen LogP contribution in [0.5, 0.6) is 0 Å². The third-order valence-corrected chi connectivity index (χ3v) is 5.58. The predicted octanol–water partition coefficient (Wildman–Crippen LogP) is 3.42. The van der Waals surface area contributed by atoms with Crippen LogP contribution in [0.15, 0.2) is 0 Å². The minimum absolute atomic E-state index is 0.724. The van der Waals surface area contributed by atoms with Crippen molar-refractivity contribution in [2.45, 2.75) is 89.9 Å². The van der Waals surface area contributed by atoms with Gasteiger partial charge in [-0.05, 0) is 58.4 Å². The van der Waals surface area contributed by atoms with E-state index >= 15 is 0 Å². The van der Waals surface area contributed by atoms with Crippen LogP contribution >= 0.6 is 0 Å². The van der Waals surface area contributed by atoms with E-state index in [1.54, 1.807) is 0 Å². The highest BCUT2D eigenvalue weighted by Crippen LogP contribution is 2.37. The van der Waals surface area contributed by atoms with Crippen molar-refractivity contribution in [1.82, 2.24) is 10.2 Å². The van der Waals surface area contributed by atoms with Crippen LogP contribution in [-0.4, -0.2) is 36.1 Å². The Kier molecular flexibility index (Phi) is 5.08. The molecule has 2 rings (SSSR count). The second-order valence-electron chi connectivity index (χ2n) is 6.49. The zero-order valence-electron chi connectivity index (χ0n) is 12.8. The van der Waals surface area contributed by atoms with E-state index in [4.69, 9.17) is 0 Å². The summed E-state index contributed by atoms with van der Waals surface area (Å²) in [5, 5.41) is 3.60. The summed E-state index contributed by atoms with van der Waals surface area (Å²) in [5.74, 6) is 0.963. The van der Waals surface area contributed by atoms with E-state index in [-0.39, 0.29) is 0 Å². The van der Waals surface area contributed by atoms with Gasteiger partial charge in [-0.2, -0.15) is 0 Å². The summed E-state index contributed by atoms with van der Waals surface area (Å²) in [7, 11) is 2.16. The van der Waals surface area contributed by atoms with Crippen LogP contribution in [0.25, 0.3) is 0 Å². The summed E-state index contributed by atoms with van der Waals surface area (Å²) >= 11 is 0. The molecule has 2 fully saturated rings. The van der Waals surface area contributed by atoms with E-state index in [1.807, 2.05) is 0 Å². The molecule has 0 aromatic carbocycles. The highest BCUT2D eigenvalue weighted by atomic mass is 15.3. The first-order chi connectivity index (χ1) is 8.71. The van der Waals surface area contributed by atoms with Crippen molar-refractivity contribution in [1.29, 1.82) is 0 Å². The van der Waals surface area contributed by atoms with Gasteiger partial charge in [0, 0.05) is 24.2 Å². The molecule has 2 heteroatoms. The Morgan fingerprint density at radius 1 is 1.06 bits per heavy atom. The molecule has 18 heavy (non-hydrogen) atoms. The van der Waals surface area contributed by atoms with Gasteiger partial charge in [-0.25, -0.2) is 0 Å². The summed E-state index contributed by atoms with van der Waals surface area (Å²) < 4.78 is 0. The highest BCUT2D eigenvalue weighted by Gasteiger charge is 2.40. The Labute approximate surface area is 114 Å². The van der Waals surface area contributed by atoms with Gasteiger partial charge in [0.05, 0.1) is 0 Å². The monoisotopic (exact) mass is 252 g/mol. The molecule has 0 spiro atoms. The molecular formula is C16H32N2. The molecule has 0 amide bonds. The zero-order chi connectivity index (χ0) is 13.1. The molecule has 2 aliphatic rings. The molecule has 5 atom stereocenters. The first-order valence-corrected chi connectivity index (χ1v) is 8.15. The van der Waals surface area contributed by atoms with Gasteiger partial charge in [-0.3, -0.25) is 4.90 Å². The molecule has 0 radical (unpaired) electrons. The summed E-state index contributed by atoms with van der Waals surface area (Å²) in [4.78, 5) is 2.88. The lowest BCUT2D eigenvalue weighted by atomic mass is 9.79. The van der Waals surface area contributed by atoms with Crippen LogP contribution in [-0.2, 0) is 0 Å². The molecule has 1 N–H and O–H groups in total. The van der Waals surface area contributed by atoms with E-state index < -0.39 is 0 Å². The van der Waals surface area contributed by atoms with E-state index in [0.29, 0.717) is 0 Å². The number of likely N-dealkylation sites (tertiary alicyclic amines) is 1. The van der Waals surface area contributed by atoms with Gasteiger partial charge in [0.15, 0.2) is 0 Å². The average molecular weight is 252 g/mol. The first kappa shape index (κ1) is 14.3. The maximum absolute atomic E-state index is 3.60. The SMILES string of the molecule is CCC1CCC(NC)C(N2C(C)CCC2CC)C1. The Morgan fingerprint density at radius 3 is 2.44 bits per heavy atom. The van der Waals surface area contributed by atoms with Crippen molar-refractivity contribution in [2.75, 3.05) is 7.05 Å². The lowest BCUT2D eigenvalue weighted by molar-refractivity contribution is 0.0600. The van der Waals surface area contributed by atoms with Gasteiger partial charge in [0.25, 0.3) is 0 Å². The fraction of sp³-hybridized carbons (Fsp3) is 1.00. The van der Waals surface area contributed by atoms with Gasteiger partial charge < -0.3 is 5.32 Å². The summed E-state index contributed by atoms with van der Waals surface area (Å²) in [6.45, 7) is 7.17. The van der Waals surface area contributed by atoms with Crippen LogP contribution in [0.1, 0.15) is 65.7 Å². The molecule has 0 aromatic heterocycles. The van der Waals surface area contributed by atoms with Crippen LogP contribution in [0.2, 0.25) is 0 Å². The van der Waals surface area contributed by atoms with Crippen LogP contribution in [0, 0.1) is 5.92 Å². The fourth-order valence-corrected chi connectivity index (χ4v) is 4.37. The van der Waals surface area contributed by atoms with E-state index in [9.17, 15) is 0 Å². The number of hydrogen-bond donors (Lipinski definition) is 1. The molecule has 106 valence electrons. The van der Waals surface area contributed by atoms with Crippen molar-refractivity contribution in [3.8, 4) is 0 Å². The van der Waals surface area contributed by atoms with Crippen LogP contribution < -0.4 is 5.32 Å². The normalized spacial score (nSPS) is 42.3. The molecule has 5 unspecified atom stereocenters. The Bertz CT molecular complexity index is 253. The Hall–Kier alpha value is -0.0800. The van der Waals surface area contributed by atoms with Crippen molar-refractivity contribution < 1.29 is 0 Å². The number of hydrogen-bond acceptors (Lipinski definition) is 2. The van der Waals surface area contributed by atoms with Gasteiger partial charge >= 0.3 is 0 Å². The van der Waals surface area contributed by atoms with Crippen molar-refractivity contribution in [3.63, 3.8) is 0 Å². The van der Waals surface area contributed by atoms with Gasteiger partial charge in [0.2, 0.25) is 0 Å². The first-order valence-electron chi connectivity index (χ1n) is 8.15. The van der Waals surface area contributed by atoms with Gasteiger partial charge in [0.1, 0.15) is 0 Å². The van der Waals surface area contributed by atoms with Crippen molar-refractivity contribution >= 4 is 0 Å². The maximum atomic E-state index is 3.60. The van der Waals surface area contributed by atoms with Crippen LogP contribution in [0.4, 0.5) is 0 Å². The third-order valence-electron chi connectivity index (χ3n) is 5.58. The van der Waals surface area contributed by atoms with Crippen LogP contribution in [0.3, 0.4) is 0 Å². The maximum Gasteiger partial charge on any atom is 0.0257 e. The highest BCUT2D eigenvalue weighted by molar-refractivity contribution is 4.97. The van der Waals surface area contributed by atoms with E-state index in [0.717, 1.165) is 30.1 Å². The molecule has 1 aliphatic heterocycles. The number of likely N-dealkylation sites (N-methyl/N-ethyl adjacent to an activating group) is 1. The Balaban J connectivity index is 2.10.